The van der Waals surface area contributed by atoms with Gasteiger partial charge in [0.05, 0.1) is 13.2 Å². The standard InChI is InChI=1S/C27H29N3O3/c31-26(20-28-24-10-6-9-22(19-24)27(32)30-16-4-5-17-30)29-23-11-13-25(14-12-23)33-18-15-21-7-2-1-3-8-21/h1-3,6-14,19,28H,4-5,15-18,20H2,(H,29,31). The Balaban J connectivity index is 1.22. The summed E-state index contributed by atoms with van der Waals surface area (Å²) in [5.74, 6) is 0.650. The van der Waals surface area contributed by atoms with Gasteiger partial charge in [0.25, 0.3) is 5.91 Å². The second-order valence-corrected chi connectivity index (χ2v) is 8.09. The number of nitrogens with zero attached hydrogens (tertiary/aromatic N) is 1. The molecule has 0 aliphatic carbocycles. The fourth-order valence-electron chi connectivity index (χ4n) is 3.82. The van der Waals surface area contributed by atoms with Crippen LogP contribution in [-0.2, 0) is 11.2 Å². The van der Waals surface area contributed by atoms with Crippen LogP contribution in [0.4, 0.5) is 11.4 Å². The number of amides is 2. The van der Waals surface area contributed by atoms with Gasteiger partial charge >= 0.3 is 0 Å². The first kappa shape index (κ1) is 22.4. The Hall–Kier alpha value is -3.80. The van der Waals surface area contributed by atoms with Crippen LogP contribution >= 0.6 is 0 Å². The molecule has 1 aliphatic rings. The van der Waals surface area contributed by atoms with E-state index in [4.69, 9.17) is 4.74 Å². The molecule has 3 aromatic rings. The van der Waals surface area contributed by atoms with Gasteiger partial charge in [-0.3, -0.25) is 9.59 Å². The number of likely N-dealkylation sites (tertiary alicyclic amines) is 1. The average Bonchev–Trinajstić information content (AvgIpc) is 3.39. The van der Waals surface area contributed by atoms with Gasteiger partial charge in [-0.15, -0.1) is 0 Å². The van der Waals surface area contributed by atoms with Crippen molar-refractivity contribution in [3.8, 4) is 5.75 Å². The molecule has 1 aliphatic heterocycles. The molecule has 0 atom stereocenters. The maximum Gasteiger partial charge on any atom is 0.253 e. The molecule has 1 saturated heterocycles. The number of nitrogens with one attached hydrogen (secondary N) is 2. The van der Waals surface area contributed by atoms with Crippen LogP contribution in [-0.4, -0.2) is 43.0 Å². The molecule has 0 aromatic heterocycles. The Bertz CT molecular complexity index is 1060. The van der Waals surface area contributed by atoms with Gasteiger partial charge in [0.1, 0.15) is 5.75 Å². The highest BCUT2D eigenvalue weighted by Crippen LogP contribution is 2.18. The topological polar surface area (TPSA) is 70.7 Å². The first-order chi connectivity index (χ1) is 16.2. The molecule has 0 bridgehead atoms. The lowest BCUT2D eigenvalue weighted by Crippen LogP contribution is -2.27. The van der Waals surface area contributed by atoms with Crippen molar-refractivity contribution in [2.75, 3.05) is 36.9 Å². The molecule has 33 heavy (non-hydrogen) atoms. The van der Waals surface area contributed by atoms with E-state index in [9.17, 15) is 9.59 Å². The highest BCUT2D eigenvalue weighted by Gasteiger charge is 2.19. The number of hydrogen-bond acceptors (Lipinski definition) is 4. The molecule has 170 valence electrons. The van der Waals surface area contributed by atoms with E-state index >= 15 is 0 Å². The van der Waals surface area contributed by atoms with E-state index in [1.165, 1.54) is 5.56 Å². The zero-order valence-electron chi connectivity index (χ0n) is 18.6. The van der Waals surface area contributed by atoms with Crippen molar-refractivity contribution in [2.24, 2.45) is 0 Å². The van der Waals surface area contributed by atoms with Crippen molar-refractivity contribution >= 4 is 23.2 Å². The maximum absolute atomic E-state index is 12.6. The van der Waals surface area contributed by atoms with Crippen molar-refractivity contribution in [1.29, 1.82) is 0 Å². The zero-order chi connectivity index (χ0) is 22.9. The van der Waals surface area contributed by atoms with Crippen molar-refractivity contribution in [2.45, 2.75) is 19.3 Å². The lowest BCUT2D eigenvalue weighted by molar-refractivity contribution is -0.114. The van der Waals surface area contributed by atoms with Gasteiger partial charge in [0.2, 0.25) is 5.91 Å². The van der Waals surface area contributed by atoms with Crippen LogP contribution in [0, 0.1) is 0 Å². The monoisotopic (exact) mass is 443 g/mol. The number of rotatable bonds is 9. The fourth-order valence-corrected chi connectivity index (χ4v) is 3.82. The van der Waals surface area contributed by atoms with Crippen molar-refractivity contribution in [3.05, 3.63) is 90.0 Å². The minimum Gasteiger partial charge on any atom is -0.493 e. The number of ether oxygens (including phenoxy) is 1. The summed E-state index contributed by atoms with van der Waals surface area (Å²) in [5.41, 5.74) is 3.33. The molecule has 1 heterocycles. The van der Waals surface area contributed by atoms with Crippen LogP contribution < -0.4 is 15.4 Å². The molecule has 2 amide bonds. The number of hydrogen-bond donors (Lipinski definition) is 2. The molecule has 0 saturated carbocycles. The summed E-state index contributed by atoms with van der Waals surface area (Å²) >= 11 is 0. The first-order valence-corrected chi connectivity index (χ1v) is 11.4. The van der Waals surface area contributed by atoms with Crippen molar-refractivity contribution in [3.63, 3.8) is 0 Å². The molecule has 6 heteroatoms. The van der Waals surface area contributed by atoms with Crippen LogP contribution in [0.2, 0.25) is 0 Å². The maximum atomic E-state index is 12.6. The Morgan fingerprint density at radius 2 is 1.61 bits per heavy atom. The van der Waals surface area contributed by atoms with Gasteiger partial charge in [-0.25, -0.2) is 0 Å². The van der Waals surface area contributed by atoms with Crippen LogP contribution in [0.5, 0.6) is 5.75 Å². The lowest BCUT2D eigenvalue weighted by atomic mass is 10.1. The van der Waals surface area contributed by atoms with Crippen LogP contribution in [0.25, 0.3) is 0 Å². The number of anilines is 2. The lowest BCUT2D eigenvalue weighted by Gasteiger charge is -2.16. The highest BCUT2D eigenvalue weighted by molar-refractivity contribution is 5.96. The molecule has 6 nitrogen and oxygen atoms in total. The summed E-state index contributed by atoms with van der Waals surface area (Å²) in [7, 11) is 0. The number of carbonyl (C=O) groups is 2. The molecular weight excluding hydrogens is 414 g/mol. The minimum absolute atomic E-state index is 0.0479. The molecule has 0 radical (unpaired) electrons. The third-order valence-electron chi connectivity index (χ3n) is 5.60. The van der Waals surface area contributed by atoms with E-state index in [0.717, 1.165) is 43.8 Å². The minimum atomic E-state index is -0.163. The summed E-state index contributed by atoms with van der Waals surface area (Å²) < 4.78 is 5.79. The van der Waals surface area contributed by atoms with Crippen molar-refractivity contribution < 1.29 is 14.3 Å². The van der Waals surface area contributed by atoms with Gasteiger partial charge < -0.3 is 20.3 Å². The van der Waals surface area contributed by atoms with Gasteiger partial charge in [-0.05, 0) is 60.9 Å². The van der Waals surface area contributed by atoms with Crippen LogP contribution in [0.1, 0.15) is 28.8 Å². The zero-order valence-corrected chi connectivity index (χ0v) is 18.6. The molecule has 0 unspecified atom stereocenters. The first-order valence-electron chi connectivity index (χ1n) is 11.4. The van der Waals surface area contributed by atoms with Crippen molar-refractivity contribution in [1.82, 2.24) is 4.90 Å². The van der Waals surface area contributed by atoms with Crippen LogP contribution in [0.3, 0.4) is 0 Å². The Kier molecular flexibility index (Phi) is 7.59. The third kappa shape index (κ3) is 6.59. The summed E-state index contributed by atoms with van der Waals surface area (Å²) in [4.78, 5) is 26.8. The third-order valence-corrected chi connectivity index (χ3v) is 5.60. The number of carbonyl (C=O) groups excluding carboxylic acids is 2. The summed E-state index contributed by atoms with van der Waals surface area (Å²) in [6.07, 6.45) is 2.96. The smallest absolute Gasteiger partial charge is 0.253 e. The molecule has 0 spiro atoms. The Morgan fingerprint density at radius 3 is 2.36 bits per heavy atom. The van der Waals surface area contributed by atoms with Crippen LogP contribution in [0.15, 0.2) is 78.9 Å². The summed E-state index contributed by atoms with van der Waals surface area (Å²) in [6.45, 7) is 2.33. The van der Waals surface area contributed by atoms with E-state index in [1.54, 1.807) is 6.07 Å². The largest absolute Gasteiger partial charge is 0.493 e. The van der Waals surface area contributed by atoms with Gasteiger partial charge in [0, 0.05) is 36.4 Å². The normalized spacial score (nSPS) is 12.9. The molecule has 4 rings (SSSR count). The number of benzene rings is 3. The molecule has 1 fully saturated rings. The predicted molar refractivity (Wildman–Crippen MR) is 131 cm³/mol. The van der Waals surface area contributed by atoms with E-state index in [2.05, 4.69) is 22.8 Å². The quantitative estimate of drug-likeness (QED) is 0.507. The van der Waals surface area contributed by atoms with E-state index in [0.29, 0.717) is 17.9 Å². The predicted octanol–water partition coefficient (Wildman–Crippen LogP) is 4.59. The SMILES string of the molecule is O=C(CNc1cccc(C(=O)N2CCCC2)c1)Nc1ccc(OCCc2ccccc2)cc1. The Morgan fingerprint density at radius 1 is 0.848 bits per heavy atom. The van der Waals surface area contributed by atoms with Gasteiger partial charge in [0.15, 0.2) is 0 Å². The second-order valence-electron chi connectivity index (χ2n) is 8.09. The van der Waals surface area contributed by atoms with E-state index in [-0.39, 0.29) is 18.4 Å². The molecule has 2 N–H and O–H groups in total. The van der Waals surface area contributed by atoms with E-state index in [1.807, 2.05) is 65.6 Å². The second kappa shape index (κ2) is 11.2. The van der Waals surface area contributed by atoms with Gasteiger partial charge in [-0.1, -0.05) is 36.4 Å². The molecular formula is C27H29N3O3. The van der Waals surface area contributed by atoms with E-state index < -0.39 is 0 Å². The summed E-state index contributed by atoms with van der Waals surface area (Å²) in [6, 6.07) is 24.9. The highest BCUT2D eigenvalue weighted by atomic mass is 16.5. The molecule has 3 aromatic carbocycles. The van der Waals surface area contributed by atoms with Gasteiger partial charge in [-0.2, -0.15) is 0 Å². The Labute approximate surface area is 194 Å². The average molecular weight is 444 g/mol. The fraction of sp³-hybridized carbons (Fsp3) is 0.259. The summed E-state index contributed by atoms with van der Waals surface area (Å²) in [5, 5.41) is 5.97.